The first-order chi connectivity index (χ1) is 10.3. The second-order valence-electron chi connectivity index (χ2n) is 6.09. The molecule has 3 rings (SSSR count). The molecule has 0 aromatic heterocycles. The van der Waals surface area contributed by atoms with E-state index in [1.54, 1.807) is 7.11 Å². The summed E-state index contributed by atoms with van der Waals surface area (Å²) in [5, 5.41) is 0. The maximum Gasteiger partial charge on any atom is 0.118 e. The van der Waals surface area contributed by atoms with E-state index in [9.17, 15) is 0 Å². The number of hydrogen-bond acceptors (Lipinski definition) is 4. The van der Waals surface area contributed by atoms with Gasteiger partial charge in [-0.25, -0.2) is 0 Å². The van der Waals surface area contributed by atoms with Crippen molar-refractivity contribution in [2.45, 2.75) is 37.5 Å². The van der Waals surface area contributed by atoms with Gasteiger partial charge in [0.25, 0.3) is 0 Å². The molecule has 1 spiro atoms. The Balaban J connectivity index is 1.66. The van der Waals surface area contributed by atoms with Crippen LogP contribution in [0.1, 0.15) is 24.8 Å². The summed E-state index contributed by atoms with van der Waals surface area (Å²) in [6, 6.07) is 8.34. The lowest BCUT2D eigenvalue weighted by atomic mass is 9.86. The standard InChI is InChI=1S/C17H25NO3/c1-19-15-6-4-14(5-7-15)12-18-10-8-16(20-2)17(13-18)9-3-11-21-17/h4-7,16H,3,8-13H2,1-2H3/t16-,17-/m0/s1. The third-order valence-corrected chi connectivity index (χ3v) is 4.77. The van der Waals surface area contributed by atoms with Crippen molar-refractivity contribution in [1.29, 1.82) is 0 Å². The SMILES string of the molecule is COc1ccc(CN2CC[C@H](OC)[C@]3(CCCO3)C2)cc1. The lowest BCUT2D eigenvalue weighted by Gasteiger charge is -2.44. The monoisotopic (exact) mass is 291 g/mol. The number of benzene rings is 1. The molecule has 2 heterocycles. The minimum atomic E-state index is -0.0839. The third-order valence-electron chi connectivity index (χ3n) is 4.77. The molecule has 116 valence electrons. The van der Waals surface area contributed by atoms with Crippen molar-refractivity contribution in [2.75, 3.05) is 33.9 Å². The molecule has 2 aliphatic heterocycles. The highest BCUT2D eigenvalue weighted by Crippen LogP contribution is 2.36. The fourth-order valence-electron chi connectivity index (χ4n) is 3.68. The van der Waals surface area contributed by atoms with Gasteiger partial charge in [-0.3, -0.25) is 4.90 Å². The Bertz CT molecular complexity index is 454. The van der Waals surface area contributed by atoms with Crippen LogP contribution in [0, 0.1) is 0 Å². The first-order valence-corrected chi connectivity index (χ1v) is 7.78. The number of methoxy groups -OCH3 is 2. The Hall–Kier alpha value is -1.10. The topological polar surface area (TPSA) is 30.9 Å². The van der Waals surface area contributed by atoms with Gasteiger partial charge in [-0.1, -0.05) is 12.1 Å². The van der Waals surface area contributed by atoms with E-state index in [4.69, 9.17) is 14.2 Å². The largest absolute Gasteiger partial charge is 0.497 e. The molecule has 2 fully saturated rings. The maximum atomic E-state index is 6.10. The summed E-state index contributed by atoms with van der Waals surface area (Å²) in [4.78, 5) is 2.49. The van der Waals surface area contributed by atoms with Crippen LogP contribution in [0.25, 0.3) is 0 Å². The maximum absolute atomic E-state index is 6.10. The van der Waals surface area contributed by atoms with Crippen LogP contribution >= 0.6 is 0 Å². The van der Waals surface area contributed by atoms with Crippen molar-refractivity contribution in [3.05, 3.63) is 29.8 Å². The molecule has 2 saturated heterocycles. The van der Waals surface area contributed by atoms with Crippen LogP contribution in [-0.4, -0.2) is 50.5 Å². The average molecular weight is 291 g/mol. The zero-order valence-corrected chi connectivity index (χ0v) is 13.0. The van der Waals surface area contributed by atoms with Crippen molar-refractivity contribution in [3.8, 4) is 5.75 Å². The van der Waals surface area contributed by atoms with Gasteiger partial charge in [-0.05, 0) is 37.0 Å². The van der Waals surface area contributed by atoms with Crippen LogP contribution in [-0.2, 0) is 16.0 Å². The Morgan fingerprint density at radius 3 is 2.71 bits per heavy atom. The summed E-state index contributed by atoms with van der Waals surface area (Å²) < 4.78 is 17.0. The Labute approximate surface area is 127 Å². The van der Waals surface area contributed by atoms with Gasteiger partial charge in [0, 0.05) is 33.4 Å². The Kier molecular flexibility index (Phi) is 4.48. The smallest absolute Gasteiger partial charge is 0.118 e. The van der Waals surface area contributed by atoms with Gasteiger partial charge in [-0.2, -0.15) is 0 Å². The van der Waals surface area contributed by atoms with E-state index in [0.29, 0.717) is 0 Å². The van der Waals surface area contributed by atoms with Gasteiger partial charge in [0.15, 0.2) is 0 Å². The molecule has 21 heavy (non-hydrogen) atoms. The van der Waals surface area contributed by atoms with Gasteiger partial charge < -0.3 is 14.2 Å². The van der Waals surface area contributed by atoms with Crippen molar-refractivity contribution < 1.29 is 14.2 Å². The summed E-state index contributed by atoms with van der Waals surface area (Å²) in [5.41, 5.74) is 1.24. The second kappa shape index (κ2) is 6.34. The zero-order valence-electron chi connectivity index (χ0n) is 13.0. The number of likely N-dealkylation sites (tertiary alicyclic amines) is 1. The van der Waals surface area contributed by atoms with Gasteiger partial charge in [0.05, 0.1) is 13.2 Å². The van der Waals surface area contributed by atoms with Crippen molar-refractivity contribution in [3.63, 3.8) is 0 Å². The number of ether oxygens (including phenoxy) is 3. The number of hydrogen-bond donors (Lipinski definition) is 0. The fourth-order valence-corrected chi connectivity index (χ4v) is 3.68. The minimum absolute atomic E-state index is 0.0839. The molecule has 0 unspecified atom stereocenters. The van der Waals surface area contributed by atoms with Crippen LogP contribution in [0.15, 0.2) is 24.3 Å². The molecule has 2 atom stereocenters. The predicted octanol–water partition coefficient (Wildman–Crippen LogP) is 2.47. The summed E-state index contributed by atoms with van der Waals surface area (Å²) >= 11 is 0. The minimum Gasteiger partial charge on any atom is -0.497 e. The molecule has 0 bridgehead atoms. The van der Waals surface area contributed by atoms with E-state index < -0.39 is 0 Å². The first-order valence-electron chi connectivity index (χ1n) is 7.78. The van der Waals surface area contributed by atoms with E-state index >= 15 is 0 Å². The van der Waals surface area contributed by atoms with Crippen LogP contribution in [0.3, 0.4) is 0 Å². The van der Waals surface area contributed by atoms with Crippen LogP contribution in [0.4, 0.5) is 0 Å². The molecular formula is C17H25NO3. The first kappa shape index (κ1) is 14.8. The molecule has 0 N–H and O–H groups in total. The normalized spacial score (nSPS) is 29.9. The molecule has 0 saturated carbocycles. The van der Waals surface area contributed by atoms with Crippen LogP contribution in [0.5, 0.6) is 5.75 Å². The zero-order chi connectivity index (χ0) is 14.7. The van der Waals surface area contributed by atoms with Gasteiger partial charge in [0.2, 0.25) is 0 Å². The lowest BCUT2D eigenvalue weighted by molar-refractivity contribution is -0.145. The molecule has 2 aliphatic rings. The predicted molar refractivity (Wildman–Crippen MR) is 81.6 cm³/mol. The summed E-state index contributed by atoms with van der Waals surface area (Å²) in [6.45, 7) is 3.87. The molecule has 4 heteroatoms. The number of nitrogens with zero attached hydrogens (tertiary/aromatic N) is 1. The quantitative estimate of drug-likeness (QED) is 0.853. The highest BCUT2D eigenvalue weighted by molar-refractivity contribution is 5.27. The van der Waals surface area contributed by atoms with Crippen LogP contribution < -0.4 is 4.74 Å². The molecule has 1 aromatic rings. The highest BCUT2D eigenvalue weighted by atomic mass is 16.6. The van der Waals surface area contributed by atoms with E-state index in [2.05, 4.69) is 17.0 Å². The molecule has 0 aliphatic carbocycles. The van der Waals surface area contributed by atoms with Gasteiger partial charge >= 0.3 is 0 Å². The van der Waals surface area contributed by atoms with E-state index in [1.807, 2.05) is 19.2 Å². The molecule has 0 amide bonds. The van der Waals surface area contributed by atoms with E-state index in [-0.39, 0.29) is 11.7 Å². The van der Waals surface area contributed by atoms with Gasteiger partial charge in [-0.15, -0.1) is 0 Å². The third kappa shape index (κ3) is 3.07. The number of piperidine rings is 1. The average Bonchev–Trinajstić information content (AvgIpc) is 2.97. The summed E-state index contributed by atoms with van der Waals surface area (Å²) in [5.74, 6) is 0.910. The van der Waals surface area contributed by atoms with Crippen LogP contribution in [0.2, 0.25) is 0 Å². The van der Waals surface area contributed by atoms with E-state index in [0.717, 1.165) is 51.3 Å². The van der Waals surface area contributed by atoms with Gasteiger partial charge in [0.1, 0.15) is 11.4 Å². The molecule has 0 radical (unpaired) electrons. The molecular weight excluding hydrogens is 266 g/mol. The number of rotatable bonds is 4. The Morgan fingerprint density at radius 2 is 2.10 bits per heavy atom. The highest BCUT2D eigenvalue weighted by Gasteiger charge is 2.46. The van der Waals surface area contributed by atoms with Crippen molar-refractivity contribution in [1.82, 2.24) is 4.90 Å². The fraction of sp³-hybridized carbons (Fsp3) is 0.647. The van der Waals surface area contributed by atoms with E-state index in [1.165, 1.54) is 5.56 Å². The Morgan fingerprint density at radius 1 is 1.29 bits per heavy atom. The summed E-state index contributed by atoms with van der Waals surface area (Å²) in [6.07, 6.45) is 3.56. The summed E-state index contributed by atoms with van der Waals surface area (Å²) in [7, 11) is 3.51. The lowest BCUT2D eigenvalue weighted by Crippen LogP contribution is -2.56. The second-order valence-corrected chi connectivity index (χ2v) is 6.09. The molecule has 4 nitrogen and oxygen atoms in total. The van der Waals surface area contributed by atoms with Crippen molar-refractivity contribution >= 4 is 0 Å². The molecule has 1 aromatic carbocycles. The van der Waals surface area contributed by atoms with Crippen molar-refractivity contribution in [2.24, 2.45) is 0 Å².